The van der Waals surface area contributed by atoms with E-state index < -0.39 is 0 Å². The number of amidine groups is 1. The fraction of sp³-hybridized carbons (Fsp3) is 0.889. The number of hydrogen-bond donors (Lipinski definition) is 2. The summed E-state index contributed by atoms with van der Waals surface area (Å²) >= 11 is 0. The Morgan fingerprint density at radius 3 is 2.62 bits per heavy atom. The molecule has 0 spiro atoms. The molecular weight excluding hydrogens is 168 g/mol. The van der Waals surface area contributed by atoms with Crippen molar-refractivity contribution in [3.8, 4) is 0 Å². The summed E-state index contributed by atoms with van der Waals surface area (Å²) in [5.74, 6) is 0.0635. The molecule has 0 fully saturated rings. The molecule has 0 aromatic heterocycles. The van der Waals surface area contributed by atoms with E-state index in [4.69, 9.17) is 20.6 Å². The topological polar surface area (TPSA) is 68.3 Å². The van der Waals surface area contributed by atoms with Crippen LogP contribution in [0.5, 0.6) is 0 Å². The summed E-state index contributed by atoms with van der Waals surface area (Å²) in [5, 5.41) is 7.06. The second-order valence-corrected chi connectivity index (χ2v) is 2.93. The lowest BCUT2D eigenvalue weighted by molar-refractivity contribution is 0.0343. The normalized spacial score (nSPS) is 12.8. The Hall–Kier alpha value is -0.610. The summed E-state index contributed by atoms with van der Waals surface area (Å²) in [4.78, 5) is 0. The molecular formula is C9H20N2O2. The Bertz CT molecular complexity index is 140. The molecule has 0 radical (unpaired) electrons. The van der Waals surface area contributed by atoms with Gasteiger partial charge >= 0.3 is 0 Å². The lowest BCUT2D eigenvalue weighted by Crippen LogP contribution is -2.28. The molecule has 0 bridgehead atoms. The van der Waals surface area contributed by atoms with Crippen LogP contribution in [0.4, 0.5) is 0 Å². The standard InChI is InChI=1S/C9H20N2O2/c1-3-4-5-12-6-7-13-8(2)9(10)11/h8H,3-7H2,1-2H3,(H3,10,11). The number of ether oxygens (including phenoxy) is 2. The van der Waals surface area contributed by atoms with Crippen molar-refractivity contribution in [2.45, 2.75) is 32.8 Å². The first-order valence-corrected chi connectivity index (χ1v) is 4.71. The van der Waals surface area contributed by atoms with Crippen LogP contribution >= 0.6 is 0 Å². The van der Waals surface area contributed by atoms with Crippen LogP contribution in [0.1, 0.15) is 26.7 Å². The molecule has 78 valence electrons. The van der Waals surface area contributed by atoms with Crippen molar-refractivity contribution >= 4 is 5.84 Å². The Morgan fingerprint density at radius 2 is 2.08 bits per heavy atom. The van der Waals surface area contributed by atoms with Crippen molar-refractivity contribution < 1.29 is 9.47 Å². The highest BCUT2D eigenvalue weighted by atomic mass is 16.5. The zero-order valence-electron chi connectivity index (χ0n) is 8.51. The fourth-order valence-electron chi connectivity index (χ4n) is 0.722. The molecule has 0 aliphatic heterocycles. The monoisotopic (exact) mass is 188 g/mol. The predicted octanol–water partition coefficient (Wildman–Crippen LogP) is 1.14. The summed E-state index contributed by atoms with van der Waals surface area (Å²) < 4.78 is 10.5. The summed E-state index contributed by atoms with van der Waals surface area (Å²) in [6, 6.07) is 0. The second-order valence-electron chi connectivity index (χ2n) is 2.93. The quantitative estimate of drug-likeness (QED) is 0.341. The second kappa shape index (κ2) is 8.01. The number of rotatable bonds is 8. The first-order chi connectivity index (χ1) is 6.18. The largest absolute Gasteiger partial charge is 0.385 e. The molecule has 0 rings (SSSR count). The molecule has 1 atom stereocenters. The first-order valence-electron chi connectivity index (χ1n) is 4.71. The van der Waals surface area contributed by atoms with Gasteiger partial charge in [-0.1, -0.05) is 13.3 Å². The van der Waals surface area contributed by atoms with E-state index in [-0.39, 0.29) is 11.9 Å². The van der Waals surface area contributed by atoms with E-state index in [1.807, 2.05) is 0 Å². The number of unbranched alkanes of at least 4 members (excludes halogenated alkanes) is 1. The molecule has 0 amide bonds. The van der Waals surface area contributed by atoms with Crippen molar-refractivity contribution in [2.24, 2.45) is 5.73 Å². The van der Waals surface area contributed by atoms with Crippen LogP contribution in [0.25, 0.3) is 0 Å². The third kappa shape index (κ3) is 7.74. The van der Waals surface area contributed by atoms with Crippen molar-refractivity contribution in [1.29, 1.82) is 5.41 Å². The Labute approximate surface area is 79.9 Å². The highest BCUT2D eigenvalue weighted by molar-refractivity contribution is 5.81. The molecule has 0 aliphatic rings. The Kier molecular flexibility index (Phi) is 7.63. The summed E-state index contributed by atoms with van der Waals surface area (Å²) in [6.07, 6.45) is 1.93. The molecule has 13 heavy (non-hydrogen) atoms. The number of hydrogen-bond acceptors (Lipinski definition) is 3. The van der Waals surface area contributed by atoms with Gasteiger partial charge in [-0.15, -0.1) is 0 Å². The molecule has 1 unspecified atom stereocenters. The molecule has 3 N–H and O–H groups in total. The first kappa shape index (κ1) is 12.4. The van der Waals surface area contributed by atoms with Gasteiger partial charge in [-0.3, -0.25) is 5.41 Å². The van der Waals surface area contributed by atoms with E-state index in [0.717, 1.165) is 19.4 Å². The van der Waals surface area contributed by atoms with Crippen LogP contribution in [0, 0.1) is 5.41 Å². The average molecular weight is 188 g/mol. The van der Waals surface area contributed by atoms with Crippen LogP contribution in [-0.4, -0.2) is 31.8 Å². The summed E-state index contributed by atoms with van der Waals surface area (Å²) in [5.41, 5.74) is 5.22. The predicted molar refractivity (Wildman–Crippen MR) is 53.1 cm³/mol. The zero-order chi connectivity index (χ0) is 10.1. The lowest BCUT2D eigenvalue weighted by atomic mass is 10.4. The highest BCUT2D eigenvalue weighted by Gasteiger charge is 2.03. The van der Waals surface area contributed by atoms with E-state index in [1.165, 1.54) is 0 Å². The minimum absolute atomic E-state index is 0.0635. The smallest absolute Gasteiger partial charge is 0.120 e. The summed E-state index contributed by atoms with van der Waals surface area (Å²) in [7, 11) is 0. The van der Waals surface area contributed by atoms with Crippen LogP contribution in [0.15, 0.2) is 0 Å². The van der Waals surface area contributed by atoms with Gasteiger partial charge in [-0.25, -0.2) is 0 Å². The Balaban J connectivity index is 3.11. The third-order valence-electron chi connectivity index (χ3n) is 1.68. The molecule has 4 nitrogen and oxygen atoms in total. The Morgan fingerprint density at radius 1 is 1.38 bits per heavy atom. The number of nitrogens with two attached hydrogens (primary N) is 1. The lowest BCUT2D eigenvalue weighted by Gasteiger charge is -2.10. The van der Waals surface area contributed by atoms with Gasteiger partial charge in [-0.2, -0.15) is 0 Å². The van der Waals surface area contributed by atoms with E-state index in [9.17, 15) is 0 Å². The molecule has 0 heterocycles. The maximum absolute atomic E-state index is 7.06. The van der Waals surface area contributed by atoms with Crippen LogP contribution < -0.4 is 5.73 Å². The van der Waals surface area contributed by atoms with Crippen molar-refractivity contribution in [2.75, 3.05) is 19.8 Å². The SMILES string of the molecule is CCCCOCCOC(C)C(=N)N. The average Bonchev–Trinajstić information content (AvgIpc) is 2.10. The maximum Gasteiger partial charge on any atom is 0.120 e. The minimum Gasteiger partial charge on any atom is -0.385 e. The summed E-state index contributed by atoms with van der Waals surface area (Å²) in [6.45, 7) is 5.75. The number of nitrogens with one attached hydrogen (secondary N) is 1. The minimum atomic E-state index is -0.297. The van der Waals surface area contributed by atoms with Gasteiger partial charge in [0.2, 0.25) is 0 Å². The van der Waals surface area contributed by atoms with E-state index in [2.05, 4.69) is 6.92 Å². The van der Waals surface area contributed by atoms with Gasteiger partial charge < -0.3 is 15.2 Å². The fourth-order valence-corrected chi connectivity index (χ4v) is 0.722. The molecule has 0 saturated carbocycles. The molecule has 0 aliphatic carbocycles. The molecule has 4 heteroatoms. The van der Waals surface area contributed by atoms with Crippen LogP contribution in [0.2, 0.25) is 0 Å². The van der Waals surface area contributed by atoms with Gasteiger partial charge in [-0.05, 0) is 13.3 Å². The van der Waals surface area contributed by atoms with Gasteiger partial charge in [0.15, 0.2) is 0 Å². The highest BCUT2D eigenvalue weighted by Crippen LogP contribution is 1.91. The molecule has 0 aromatic rings. The molecule has 0 aromatic carbocycles. The van der Waals surface area contributed by atoms with Gasteiger partial charge in [0.05, 0.1) is 13.2 Å². The van der Waals surface area contributed by atoms with Crippen LogP contribution in [0.3, 0.4) is 0 Å². The third-order valence-corrected chi connectivity index (χ3v) is 1.68. The van der Waals surface area contributed by atoms with Crippen molar-refractivity contribution in [3.63, 3.8) is 0 Å². The van der Waals surface area contributed by atoms with Gasteiger partial charge in [0.25, 0.3) is 0 Å². The van der Waals surface area contributed by atoms with Gasteiger partial charge in [0, 0.05) is 6.61 Å². The van der Waals surface area contributed by atoms with Crippen LogP contribution in [-0.2, 0) is 9.47 Å². The van der Waals surface area contributed by atoms with Crippen molar-refractivity contribution in [1.82, 2.24) is 0 Å². The van der Waals surface area contributed by atoms with E-state index >= 15 is 0 Å². The van der Waals surface area contributed by atoms with E-state index in [1.54, 1.807) is 6.92 Å². The van der Waals surface area contributed by atoms with Gasteiger partial charge in [0.1, 0.15) is 11.9 Å². The maximum atomic E-state index is 7.06. The zero-order valence-corrected chi connectivity index (χ0v) is 8.51. The molecule has 0 saturated heterocycles. The van der Waals surface area contributed by atoms with Crippen molar-refractivity contribution in [3.05, 3.63) is 0 Å². The van der Waals surface area contributed by atoms with E-state index in [0.29, 0.717) is 13.2 Å².